The number of halogens is 1. The fourth-order valence-electron chi connectivity index (χ4n) is 6.56. The molecule has 3 heterocycles. The van der Waals surface area contributed by atoms with Gasteiger partial charge in [-0.05, 0) is 84.6 Å². The second-order valence-electron chi connectivity index (χ2n) is 11.1. The number of rotatable bonds is 6. The third-order valence-electron chi connectivity index (χ3n) is 8.55. The van der Waals surface area contributed by atoms with Crippen LogP contribution in [0.4, 0.5) is 0 Å². The lowest BCUT2D eigenvalue weighted by Gasteiger charge is -2.36. The standard InChI is InChI=1S/C32H32ClN3O4S/c1-41(39,40)35-17-13-21(14-18-35)29-25-12-11-24(33)20-23(25)19-22(26-8-4-5-15-34-30(26)29)7-6-16-36-31(37)27-9-2-3-10-28(27)32(36)38/h2-3,5,8-12,15,19-21,29H,4,6-7,13-14,16-18H2,1H3. The molecule has 1 fully saturated rings. The summed E-state index contributed by atoms with van der Waals surface area (Å²) in [6.07, 6.45) is 13.1. The van der Waals surface area contributed by atoms with Crippen molar-refractivity contribution in [1.29, 1.82) is 0 Å². The monoisotopic (exact) mass is 589 g/mol. The molecule has 0 radical (unpaired) electrons. The van der Waals surface area contributed by atoms with Crippen LogP contribution < -0.4 is 0 Å². The summed E-state index contributed by atoms with van der Waals surface area (Å²) in [4.78, 5) is 32.2. The molecule has 4 aliphatic rings. The number of hydrogen-bond donors (Lipinski definition) is 0. The molecule has 2 aromatic carbocycles. The summed E-state index contributed by atoms with van der Waals surface area (Å²) in [5.41, 5.74) is 6.28. The third-order valence-corrected chi connectivity index (χ3v) is 10.1. The number of carbonyl (C=O) groups excluding carboxylic acids is 2. The predicted octanol–water partition coefficient (Wildman–Crippen LogP) is 5.85. The van der Waals surface area contributed by atoms with Crippen LogP contribution >= 0.6 is 11.6 Å². The molecular formula is C32H32ClN3O4S. The molecule has 6 rings (SSSR count). The molecule has 1 aliphatic carbocycles. The van der Waals surface area contributed by atoms with Crippen LogP contribution in [0.3, 0.4) is 0 Å². The molecule has 2 aromatic rings. The molecule has 9 heteroatoms. The van der Waals surface area contributed by atoms with Crippen molar-refractivity contribution in [3.05, 3.63) is 99.2 Å². The van der Waals surface area contributed by atoms with Crippen molar-refractivity contribution in [2.45, 2.75) is 38.0 Å². The minimum atomic E-state index is -3.23. The molecule has 1 atom stereocenters. The van der Waals surface area contributed by atoms with Gasteiger partial charge < -0.3 is 0 Å². The van der Waals surface area contributed by atoms with E-state index in [1.165, 1.54) is 11.2 Å². The first-order valence-electron chi connectivity index (χ1n) is 14.1. The van der Waals surface area contributed by atoms with Crippen molar-refractivity contribution in [2.75, 3.05) is 25.9 Å². The van der Waals surface area contributed by atoms with Crippen molar-refractivity contribution >= 4 is 45.2 Å². The zero-order valence-electron chi connectivity index (χ0n) is 22.9. The van der Waals surface area contributed by atoms with Crippen LogP contribution in [0.2, 0.25) is 5.02 Å². The number of imide groups is 1. The number of hydrogen-bond acceptors (Lipinski definition) is 5. The van der Waals surface area contributed by atoms with Crippen molar-refractivity contribution in [1.82, 2.24) is 9.21 Å². The lowest BCUT2D eigenvalue weighted by atomic mass is 9.75. The van der Waals surface area contributed by atoms with Gasteiger partial charge in [0.25, 0.3) is 11.8 Å². The molecule has 0 bridgehead atoms. The van der Waals surface area contributed by atoms with E-state index < -0.39 is 10.0 Å². The molecule has 0 spiro atoms. The van der Waals surface area contributed by atoms with E-state index in [2.05, 4.69) is 18.2 Å². The summed E-state index contributed by atoms with van der Waals surface area (Å²) in [7, 11) is -3.23. The number of nitrogens with zero attached hydrogens (tertiary/aromatic N) is 3. The molecule has 0 aromatic heterocycles. The largest absolute Gasteiger partial charge is 0.274 e. The van der Waals surface area contributed by atoms with E-state index in [-0.39, 0.29) is 23.7 Å². The molecule has 41 heavy (non-hydrogen) atoms. The zero-order valence-corrected chi connectivity index (χ0v) is 24.5. The summed E-state index contributed by atoms with van der Waals surface area (Å²) < 4.78 is 26.0. The Morgan fingerprint density at radius 1 is 1.02 bits per heavy atom. The van der Waals surface area contributed by atoms with Gasteiger partial charge in [-0.2, -0.15) is 0 Å². The third kappa shape index (κ3) is 5.36. The van der Waals surface area contributed by atoms with Crippen molar-refractivity contribution in [3.8, 4) is 0 Å². The number of sulfonamides is 1. The SMILES string of the molecule is CS(=O)(=O)N1CCC(C2C3=NC=CCC=C3C(CCCN3C(=O)c4ccccc4C3=O)=Cc3cc(Cl)ccc32)CC1. The van der Waals surface area contributed by atoms with Gasteiger partial charge in [0.2, 0.25) is 10.0 Å². The van der Waals surface area contributed by atoms with Crippen LogP contribution in [0, 0.1) is 5.92 Å². The maximum atomic E-state index is 12.9. The summed E-state index contributed by atoms with van der Waals surface area (Å²) in [6, 6.07) is 13.0. The predicted molar refractivity (Wildman–Crippen MR) is 162 cm³/mol. The van der Waals surface area contributed by atoms with Crippen molar-refractivity contribution in [3.63, 3.8) is 0 Å². The first-order chi connectivity index (χ1) is 19.7. The average molecular weight is 590 g/mol. The first-order valence-corrected chi connectivity index (χ1v) is 16.3. The highest BCUT2D eigenvalue weighted by Crippen LogP contribution is 2.44. The van der Waals surface area contributed by atoms with E-state index in [4.69, 9.17) is 16.6 Å². The van der Waals surface area contributed by atoms with Crippen LogP contribution in [0.25, 0.3) is 6.08 Å². The number of fused-ring (bicyclic) bond motifs is 3. The molecule has 3 aliphatic heterocycles. The lowest BCUT2D eigenvalue weighted by Crippen LogP contribution is -2.40. The van der Waals surface area contributed by atoms with E-state index in [9.17, 15) is 18.0 Å². The molecule has 7 nitrogen and oxygen atoms in total. The maximum Gasteiger partial charge on any atom is 0.261 e. The highest BCUT2D eigenvalue weighted by molar-refractivity contribution is 7.88. The van der Waals surface area contributed by atoms with Gasteiger partial charge >= 0.3 is 0 Å². The number of benzene rings is 2. The summed E-state index contributed by atoms with van der Waals surface area (Å²) in [5.74, 6) is -0.271. The molecule has 1 saturated heterocycles. The van der Waals surface area contributed by atoms with Gasteiger partial charge in [-0.15, -0.1) is 0 Å². The fourth-order valence-corrected chi connectivity index (χ4v) is 7.61. The Balaban J connectivity index is 1.29. The molecule has 2 amide bonds. The van der Waals surface area contributed by atoms with Crippen molar-refractivity contribution in [2.24, 2.45) is 10.9 Å². The first kappa shape index (κ1) is 27.8. The highest BCUT2D eigenvalue weighted by Gasteiger charge is 2.38. The molecule has 0 saturated carbocycles. The van der Waals surface area contributed by atoms with Gasteiger partial charge in [0.15, 0.2) is 0 Å². The van der Waals surface area contributed by atoms with Crippen LogP contribution in [0.15, 0.2) is 77.0 Å². The summed E-state index contributed by atoms with van der Waals surface area (Å²) >= 11 is 6.49. The molecule has 1 unspecified atom stereocenters. The quantitative estimate of drug-likeness (QED) is 0.395. The second-order valence-corrected chi connectivity index (χ2v) is 13.5. The van der Waals surface area contributed by atoms with E-state index in [1.54, 1.807) is 28.6 Å². The minimum absolute atomic E-state index is 0.0111. The number of amides is 2. The number of aliphatic imine (C=N–C) groups is 1. The second kappa shape index (κ2) is 11.2. The van der Waals surface area contributed by atoms with Crippen molar-refractivity contribution < 1.29 is 18.0 Å². The van der Waals surface area contributed by atoms with Gasteiger partial charge in [0.1, 0.15) is 0 Å². The Morgan fingerprint density at radius 3 is 2.41 bits per heavy atom. The Labute approximate surface area is 245 Å². The zero-order chi connectivity index (χ0) is 28.7. The summed E-state index contributed by atoms with van der Waals surface area (Å²) in [6.45, 7) is 1.31. The molecular weight excluding hydrogens is 558 g/mol. The van der Waals surface area contributed by atoms with Crippen LogP contribution in [0.5, 0.6) is 0 Å². The number of carbonyl (C=O) groups is 2. The minimum Gasteiger partial charge on any atom is -0.274 e. The normalized spacial score (nSPS) is 21.4. The smallest absolute Gasteiger partial charge is 0.261 e. The molecule has 212 valence electrons. The maximum absolute atomic E-state index is 12.9. The Kier molecular flexibility index (Phi) is 7.57. The molecule has 0 N–H and O–H groups in total. The number of allylic oxidation sites excluding steroid dienone is 4. The van der Waals surface area contributed by atoms with Crippen LogP contribution in [-0.2, 0) is 10.0 Å². The van der Waals surface area contributed by atoms with E-state index >= 15 is 0 Å². The summed E-state index contributed by atoms with van der Waals surface area (Å²) in [5, 5.41) is 0.647. The van der Waals surface area contributed by atoms with Crippen LogP contribution in [0.1, 0.15) is 69.9 Å². The Hall–Kier alpha value is -3.33. The van der Waals surface area contributed by atoms with E-state index in [1.807, 2.05) is 24.4 Å². The number of piperidine rings is 1. The fraction of sp³-hybridized carbons (Fsp3) is 0.344. The Morgan fingerprint density at radius 2 is 1.73 bits per heavy atom. The van der Waals surface area contributed by atoms with Gasteiger partial charge in [-0.25, -0.2) is 12.7 Å². The average Bonchev–Trinajstić information content (AvgIpc) is 3.12. The van der Waals surface area contributed by atoms with Gasteiger partial charge in [-0.1, -0.05) is 48.0 Å². The van der Waals surface area contributed by atoms with E-state index in [0.29, 0.717) is 48.6 Å². The van der Waals surface area contributed by atoms with Gasteiger partial charge in [-0.3, -0.25) is 19.5 Å². The topological polar surface area (TPSA) is 87.1 Å². The lowest BCUT2D eigenvalue weighted by molar-refractivity contribution is 0.0652. The highest BCUT2D eigenvalue weighted by atomic mass is 35.5. The van der Waals surface area contributed by atoms with Crippen LogP contribution in [-0.4, -0.2) is 61.0 Å². The van der Waals surface area contributed by atoms with Gasteiger partial charge in [0.05, 0.1) is 23.1 Å². The Bertz CT molecular complexity index is 1610. The van der Waals surface area contributed by atoms with E-state index in [0.717, 1.165) is 47.2 Å². The van der Waals surface area contributed by atoms with Gasteiger partial charge in [0, 0.05) is 36.8 Å².